The fourth-order valence-electron chi connectivity index (χ4n) is 6.72. The van der Waals surface area contributed by atoms with E-state index in [1.54, 1.807) is 0 Å². The summed E-state index contributed by atoms with van der Waals surface area (Å²) < 4.78 is 19.8. The van der Waals surface area contributed by atoms with Crippen molar-refractivity contribution in [1.29, 1.82) is 0 Å². The summed E-state index contributed by atoms with van der Waals surface area (Å²) in [5, 5.41) is 13.8. The molecule has 11 nitrogen and oxygen atoms in total. The maximum Gasteiger partial charge on any atom is 0.410 e. The Morgan fingerprint density at radius 3 is 2.41 bits per heavy atom. The molecule has 1 aliphatic carbocycles. The van der Waals surface area contributed by atoms with Gasteiger partial charge >= 0.3 is 6.09 Å². The van der Waals surface area contributed by atoms with Crippen LogP contribution in [0.25, 0.3) is 22.5 Å². The Hall–Kier alpha value is -3.73. The summed E-state index contributed by atoms with van der Waals surface area (Å²) in [7, 11) is 2.07. The van der Waals surface area contributed by atoms with Gasteiger partial charge in [-0.25, -0.2) is 14.5 Å². The van der Waals surface area contributed by atoms with Gasteiger partial charge in [-0.3, -0.25) is 0 Å². The second kappa shape index (κ2) is 11.6. The van der Waals surface area contributed by atoms with Gasteiger partial charge in [0.05, 0.1) is 11.9 Å². The van der Waals surface area contributed by atoms with Crippen LogP contribution in [0.3, 0.4) is 0 Å². The summed E-state index contributed by atoms with van der Waals surface area (Å²) in [6.07, 6.45) is 13.0. The molecule has 0 aromatic carbocycles. The third kappa shape index (κ3) is 6.11. The molecular weight excluding hydrogens is 558 g/mol. The molecule has 0 radical (unpaired) electrons. The standard InChI is InChI=1S/C33H43N7O4/c1-33(2,3)44-32(41)40-22-8-9-23(40)18-24(17-22)38(4)29-15-14-28(36-37-29)27-13-12-26(31(35-27)43-25-10-11-25)21-19-34-39(20-21)30-7-5-6-16-42-30/h12-15,19-20,22-25,30H,5-11,16-18H2,1-4H3/t22-,23+,24?,30?. The van der Waals surface area contributed by atoms with Crippen LogP contribution in [0, 0.1) is 0 Å². The highest BCUT2D eigenvalue weighted by molar-refractivity contribution is 5.71. The third-order valence-corrected chi connectivity index (χ3v) is 9.16. The number of aromatic nitrogens is 5. The molecule has 2 bridgehead atoms. The Bertz CT molecular complexity index is 1460. The van der Waals surface area contributed by atoms with Crippen LogP contribution in [0.4, 0.5) is 10.6 Å². The highest BCUT2D eigenvalue weighted by Gasteiger charge is 2.46. The number of anilines is 1. The third-order valence-electron chi connectivity index (χ3n) is 9.16. The van der Waals surface area contributed by atoms with Gasteiger partial charge in [0.2, 0.25) is 5.88 Å². The minimum absolute atomic E-state index is 0.0165. The summed E-state index contributed by atoms with van der Waals surface area (Å²) in [4.78, 5) is 22.0. The number of hydrogen-bond acceptors (Lipinski definition) is 9. The second-order valence-electron chi connectivity index (χ2n) is 13.7. The van der Waals surface area contributed by atoms with Crippen LogP contribution in [0.1, 0.15) is 84.8 Å². The molecule has 0 N–H and O–H groups in total. The minimum atomic E-state index is -0.491. The van der Waals surface area contributed by atoms with Crippen molar-refractivity contribution in [2.24, 2.45) is 0 Å². The summed E-state index contributed by atoms with van der Waals surface area (Å²) in [6, 6.07) is 8.67. The van der Waals surface area contributed by atoms with Gasteiger partial charge in [-0.1, -0.05) is 0 Å². The van der Waals surface area contributed by atoms with E-state index in [-0.39, 0.29) is 36.6 Å². The van der Waals surface area contributed by atoms with E-state index in [0.29, 0.717) is 11.6 Å². The molecule has 44 heavy (non-hydrogen) atoms. The quantitative estimate of drug-likeness (QED) is 0.322. The van der Waals surface area contributed by atoms with Crippen LogP contribution in [0.15, 0.2) is 36.7 Å². The number of carbonyl (C=O) groups is 1. The second-order valence-corrected chi connectivity index (χ2v) is 13.7. The highest BCUT2D eigenvalue weighted by atomic mass is 16.6. The van der Waals surface area contributed by atoms with Crippen molar-refractivity contribution in [3.63, 3.8) is 0 Å². The summed E-state index contributed by atoms with van der Waals surface area (Å²) in [5.41, 5.74) is 2.80. The van der Waals surface area contributed by atoms with Gasteiger partial charge in [0, 0.05) is 49.1 Å². The van der Waals surface area contributed by atoms with Crippen molar-refractivity contribution >= 4 is 11.9 Å². The van der Waals surface area contributed by atoms with Crippen molar-refractivity contribution < 1.29 is 19.0 Å². The predicted molar refractivity (Wildman–Crippen MR) is 165 cm³/mol. The Balaban J connectivity index is 1.05. The highest BCUT2D eigenvalue weighted by Crippen LogP contribution is 2.40. The molecule has 3 aromatic heterocycles. The Labute approximate surface area is 258 Å². The number of hydrogen-bond donors (Lipinski definition) is 0. The van der Waals surface area contributed by atoms with Crippen molar-refractivity contribution in [2.75, 3.05) is 18.6 Å². The molecule has 0 spiro atoms. The summed E-state index contributed by atoms with van der Waals surface area (Å²) in [6.45, 7) is 6.53. The normalized spacial score (nSPS) is 25.1. The average molecular weight is 602 g/mol. The molecule has 3 aliphatic heterocycles. The average Bonchev–Trinajstić information content (AvgIpc) is 3.61. The first-order valence-corrected chi connectivity index (χ1v) is 16.1. The van der Waals surface area contributed by atoms with Gasteiger partial charge in [-0.2, -0.15) is 5.10 Å². The number of fused-ring (bicyclic) bond motifs is 2. The van der Waals surface area contributed by atoms with Crippen LogP contribution in [0.2, 0.25) is 0 Å². The fraction of sp³-hybridized carbons (Fsp3) is 0.606. The van der Waals surface area contributed by atoms with Gasteiger partial charge in [0.1, 0.15) is 23.6 Å². The number of rotatable bonds is 7. The molecule has 4 atom stereocenters. The lowest BCUT2D eigenvalue weighted by molar-refractivity contribution is -0.0394. The van der Waals surface area contributed by atoms with Crippen LogP contribution in [0.5, 0.6) is 5.88 Å². The predicted octanol–water partition coefficient (Wildman–Crippen LogP) is 6.01. The fourth-order valence-corrected chi connectivity index (χ4v) is 6.72. The van der Waals surface area contributed by atoms with E-state index >= 15 is 0 Å². The van der Waals surface area contributed by atoms with Crippen molar-refractivity contribution in [1.82, 2.24) is 29.9 Å². The maximum atomic E-state index is 12.9. The molecule has 1 saturated carbocycles. The lowest BCUT2D eigenvalue weighted by atomic mass is 9.96. The first kappa shape index (κ1) is 29.0. The van der Waals surface area contributed by atoms with E-state index in [2.05, 4.69) is 27.2 Å². The SMILES string of the molecule is CN(c1ccc(-c2ccc(-c3cnn(C4CCCCO4)c3)c(OC3CC3)n2)nn1)C1C[C@H]2CC[C@@H](C1)N2C(=O)OC(C)(C)C. The number of pyridine rings is 1. The molecule has 4 aliphatic rings. The maximum absolute atomic E-state index is 12.9. The summed E-state index contributed by atoms with van der Waals surface area (Å²) >= 11 is 0. The molecule has 2 unspecified atom stereocenters. The zero-order valence-electron chi connectivity index (χ0n) is 26.2. The van der Waals surface area contributed by atoms with Crippen LogP contribution >= 0.6 is 0 Å². The Morgan fingerprint density at radius 1 is 0.977 bits per heavy atom. The van der Waals surface area contributed by atoms with Crippen LogP contribution in [-0.2, 0) is 9.47 Å². The smallest absolute Gasteiger partial charge is 0.410 e. The number of carbonyl (C=O) groups excluding carboxylic acids is 1. The molecule has 6 heterocycles. The first-order chi connectivity index (χ1) is 21.2. The van der Waals surface area contributed by atoms with E-state index in [4.69, 9.17) is 19.2 Å². The number of amides is 1. The largest absolute Gasteiger partial charge is 0.474 e. The number of ether oxygens (including phenoxy) is 3. The molecule has 3 aromatic rings. The topological polar surface area (TPSA) is 108 Å². The molecule has 11 heteroatoms. The van der Waals surface area contributed by atoms with E-state index in [1.807, 2.05) is 67.0 Å². The van der Waals surface area contributed by atoms with Crippen LogP contribution < -0.4 is 9.64 Å². The van der Waals surface area contributed by atoms with Gasteiger partial charge in [0.15, 0.2) is 5.82 Å². The zero-order chi connectivity index (χ0) is 30.4. The van der Waals surface area contributed by atoms with Gasteiger partial charge in [-0.05, 0) is 103 Å². The Morgan fingerprint density at radius 2 is 1.75 bits per heavy atom. The molecule has 4 fully saturated rings. The number of nitrogens with zero attached hydrogens (tertiary/aromatic N) is 7. The van der Waals surface area contributed by atoms with Crippen molar-refractivity contribution in [3.05, 3.63) is 36.7 Å². The lowest BCUT2D eigenvalue weighted by Gasteiger charge is -2.42. The van der Waals surface area contributed by atoms with Crippen molar-refractivity contribution in [3.8, 4) is 28.4 Å². The van der Waals surface area contributed by atoms with E-state index in [0.717, 1.165) is 87.0 Å². The molecule has 1 amide bonds. The van der Waals surface area contributed by atoms with E-state index < -0.39 is 5.60 Å². The molecular formula is C33H43N7O4. The van der Waals surface area contributed by atoms with Gasteiger partial charge in [-0.15, -0.1) is 10.2 Å². The summed E-state index contributed by atoms with van der Waals surface area (Å²) in [5.74, 6) is 1.41. The van der Waals surface area contributed by atoms with Crippen molar-refractivity contribution in [2.45, 2.75) is 115 Å². The minimum Gasteiger partial charge on any atom is -0.474 e. The number of piperidine rings is 1. The van der Waals surface area contributed by atoms with E-state index in [1.165, 1.54) is 0 Å². The zero-order valence-corrected chi connectivity index (χ0v) is 26.2. The Kier molecular flexibility index (Phi) is 7.68. The molecule has 7 rings (SSSR count). The first-order valence-electron chi connectivity index (χ1n) is 16.1. The lowest BCUT2D eigenvalue weighted by Crippen LogP contribution is -2.53. The van der Waals surface area contributed by atoms with E-state index in [9.17, 15) is 4.79 Å². The van der Waals surface area contributed by atoms with Gasteiger partial charge in [0.25, 0.3) is 0 Å². The van der Waals surface area contributed by atoms with Crippen LogP contribution in [-0.4, -0.2) is 79.4 Å². The molecule has 3 saturated heterocycles. The monoisotopic (exact) mass is 601 g/mol. The van der Waals surface area contributed by atoms with Gasteiger partial charge < -0.3 is 24.0 Å². The molecule has 234 valence electrons.